The van der Waals surface area contributed by atoms with Crippen LogP contribution in [0.3, 0.4) is 0 Å². The molecule has 13 N–H and O–H groups in total. The van der Waals surface area contributed by atoms with Gasteiger partial charge in [-0.25, -0.2) is 4.79 Å². The largest absolute Gasteiger partial charge is 0.391 e. The lowest BCUT2D eigenvalue weighted by Crippen LogP contribution is -2.60. The van der Waals surface area contributed by atoms with Gasteiger partial charge in [0.25, 0.3) is 5.91 Å². The van der Waals surface area contributed by atoms with Gasteiger partial charge >= 0.3 is 6.03 Å². The average Bonchev–Trinajstić information content (AvgIpc) is 1.64. The SMILES string of the molecule is COC1NC(=O)NC1=C[C@@H]1N/C=C(/C(=O)N2CCC[C@H]2C(=O)N[C@@H](CC(C)C)C(=O)N[C@@H](Cc2ccccc2)C(=O)NCC(N)=O)NC(=O)[C@H](C(C)C)NC(=O)[C@@H]2CCCN2C(=O)[C@@H]2CCCN2C(=O)[C@H](CC(C)C)NC(=O)[C@H](CC(C)C)NC(=O)[C@@H]2C[C@@H](O)CN2C1=O. The molecule has 6 aliphatic heterocycles. The second-order valence-electron chi connectivity index (χ2n) is 26.7. The molecule has 0 radical (unpaired) electrons. The average molecular weight is 1310 g/mol. The minimum Gasteiger partial charge on any atom is -0.391 e. The third-order valence-electron chi connectivity index (χ3n) is 17.5. The number of carbonyl (C=O) groups is 13. The molecule has 1 unspecified atom stereocenters. The number of nitrogens with one attached hydrogen (secondary N) is 10. The van der Waals surface area contributed by atoms with Gasteiger partial charge in [0, 0.05) is 52.3 Å². The van der Waals surface area contributed by atoms with Gasteiger partial charge in [-0.15, -0.1) is 0 Å². The summed E-state index contributed by atoms with van der Waals surface area (Å²) in [6.07, 6.45) is 1.38. The fourth-order valence-corrected chi connectivity index (χ4v) is 12.9. The van der Waals surface area contributed by atoms with Crippen molar-refractivity contribution in [1.82, 2.24) is 72.8 Å². The number of hydrogen-bond acceptors (Lipinski definition) is 16. The zero-order valence-electron chi connectivity index (χ0n) is 55.1. The van der Waals surface area contributed by atoms with Crippen LogP contribution in [-0.4, -0.2) is 214 Å². The second kappa shape index (κ2) is 32.9. The van der Waals surface area contributed by atoms with Gasteiger partial charge in [0.15, 0.2) is 6.23 Å². The van der Waals surface area contributed by atoms with E-state index in [9.17, 15) is 53.1 Å². The molecule has 7 rings (SSSR count). The molecule has 0 bridgehead atoms. The van der Waals surface area contributed by atoms with E-state index in [1.165, 1.54) is 23.0 Å². The smallest absolute Gasteiger partial charge is 0.321 e. The highest BCUT2D eigenvalue weighted by Gasteiger charge is 2.47. The Morgan fingerprint density at radius 3 is 1.94 bits per heavy atom. The van der Waals surface area contributed by atoms with Gasteiger partial charge in [0.05, 0.1) is 18.3 Å². The molecule has 6 heterocycles. The number of carbonyl (C=O) groups excluding carboxylic acids is 13. The molecule has 30 heteroatoms. The Labute approximate surface area is 547 Å². The van der Waals surface area contributed by atoms with Crippen LogP contribution < -0.4 is 58.9 Å². The highest BCUT2D eigenvalue weighted by atomic mass is 16.5. The Balaban J connectivity index is 1.29. The second-order valence-corrected chi connectivity index (χ2v) is 26.7. The number of primary amides is 1. The number of aliphatic hydroxyl groups is 1. The van der Waals surface area contributed by atoms with Crippen molar-refractivity contribution in [2.24, 2.45) is 29.4 Å². The van der Waals surface area contributed by atoms with Crippen molar-refractivity contribution in [1.29, 1.82) is 0 Å². The van der Waals surface area contributed by atoms with Crippen LogP contribution in [0.25, 0.3) is 0 Å². The van der Waals surface area contributed by atoms with Crippen LogP contribution in [-0.2, 0) is 68.7 Å². The summed E-state index contributed by atoms with van der Waals surface area (Å²) < 4.78 is 5.48. The quantitative estimate of drug-likeness (QED) is 0.0719. The van der Waals surface area contributed by atoms with Crippen LogP contribution in [0.4, 0.5) is 4.79 Å². The number of aliphatic hydroxyl groups excluding tert-OH is 1. The summed E-state index contributed by atoms with van der Waals surface area (Å²) in [6.45, 7) is 13.6. The molecule has 94 heavy (non-hydrogen) atoms. The number of fused-ring (bicyclic) bond motifs is 3. The molecule has 14 amide bonds. The molecule has 6 aliphatic rings. The van der Waals surface area contributed by atoms with Crippen LogP contribution in [0.15, 0.2) is 54.0 Å². The number of benzene rings is 1. The van der Waals surface area contributed by atoms with E-state index in [0.29, 0.717) is 18.4 Å². The summed E-state index contributed by atoms with van der Waals surface area (Å²) >= 11 is 0. The number of hydrogen-bond donors (Lipinski definition) is 12. The zero-order chi connectivity index (χ0) is 68.8. The Hall–Kier alpha value is -8.67. The van der Waals surface area contributed by atoms with Gasteiger partial charge in [-0.2, -0.15) is 0 Å². The Bertz CT molecular complexity index is 3070. The van der Waals surface area contributed by atoms with E-state index >= 15 is 14.4 Å². The van der Waals surface area contributed by atoms with E-state index in [1.807, 2.05) is 41.5 Å². The first-order valence-electron chi connectivity index (χ1n) is 32.7. The van der Waals surface area contributed by atoms with Gasteiger partial charge in [-0.1, -0.05) is 85.7 Å². The van der Waals surface area contributed by atoms with Crippen molar-refractivity contribution in [2.75, 3.05) is 39.8 Å². The first-order chi connectivity index (χ1) is 44.5. The topological polar surface area (TPSA) is 411 Å². The summed E-state index contributed by atoms with van der Waals surface area (Å²) in [5, 5.41) is 38.3. The predicted octanol–water partition coefficient (Wildman–Crippen LogP) is -1.92. The lowest BCUT2D eigenvalue weighted by molar-refractivity contribution is -0.148. The molecule has 0 saturated carbocycles. The van der Waals surface area contributed by atoms with Crippen LogP contribution in [0.1, 0.15) is 125 Å². The normalized spacial score (nSPS) is 27.6. The number of rotatable bonds is 19. The standard InChI is InChI=1S/C64H95N15O15/c1-33(2)24-39(53(83)68-41(52(82)67-31-50(65)81)27-37-16-11-10-12-17-37)69-55(85)46-18-13-21-76(46)62(91)45-30-66-43(29-42-59(94-9)75-64(93)73-42)60(89)79-32-38(80)28-49(79)57(87)70-40(25-34(3)4)54(84)71-44(26-35(5)6)61(90)78-23-15-20-48(78)63(92)77-22-14-19-47(77)56(86)74-51(36(7)8)58(88)72-45/h10-12,16-17,29-30,33-36,38-41,43-44,46-49,51,59,66,80H,13-15,18-28,31-32H2,1-9H3,(H2,65,81)(H,67,82)(H,68,83)(H,69,85)(H,70,87)(H,71,84)(H,72,88)(H,74,86)(H2,73,75,93)/b42-29?,45-30-/t38-,39+,40+,41+,43+,44+,46+,47+,48+,49+,51+,59?/m1/s1. The van der Waals surface area contributed by atoms with Gasteiger partial charge in [-0.3, -0.25) is 57.5 Å². The van der Waals surface area contributed by atoms with Crippen LogP contribution >= 0.6 is 0 Å². The molecule has 12 atom stereocenters. The first-order valence-corrected chi connectivity index (χ1v) is 32.7. The molecule has 5 fully saturated rings. The summed E-state index contributed by atoms with van der Waals surface area (Å²) in [5.41, 5.74) is 5.40. The van der Waals surface area contributed by atoms with Gasteiger partial charge in [0.1, 0.15) is 66.1 Å². The van der Waals surface area contributed by atoms with Gasteiger partial charge in [-0.05, 0) is 93.1 Å². The van der Waals surface area contributed by atoms with Crippen LogP contribution in [0.2, 0.25) is 0 Å². The van der Waals surface area contributed by atoms with Crippen LogP contribution in [0, 0.1) is 23.7 Å². The van der Waals surface area contributed by atoms with E-state index < -0.39 is 174 Å². The predicted molar refractivity (Wildman–Crippen MR) is 339 cm³/mol. The number of methoxy groups -OCH3 is 1. The summed E-state index contributed by atoms with van der Waals surface area (Å²) in [7, 11) is 1.28. The number of likely N-dealkylation sites (tertiary alicyclic amines) is 1. The Morgan fingerprint density at radius 1 is 0.670 bits per heavy atom. The minimum atomic E-state index is -1.69. The molecule has 0 aliphatic carbocycles. The maximum atomic E-state index is 15.4. The lowest BCUT2D eigenvalue weighted by Gasteiger charge is -2.34. The Morgan fingerprint density at radius 2 is 1.30 bits per heavy atom. The fraction of sp³-hybridized carbons (Fsp3) is 0.641. The highest BCUT2D eigenvalue weighted by Crippen LogP contribution is 2.29. The van der Waals surface area contributed by atoms with Crippen molar-refractivity contribution < 1.29 is 72.2 Å². The van der Waals surface area contributed by atoms with E-state index in [-0.39, 0.29) is 101 Å². The molecular weight excluding hydrogens is 1220 g/mol. The van der Waals surface area contributed by atoms with Crippen molar-refractivity contribution in [3.63, 3.8) is 0 Å². The van der Waals surface area contributed by atoms with E-state index in [1.54, 1.807) is 44.2 Å². The number of nitrogens with zero attached hydrogens (tertiary/aromatic N) is 4. The molecule has 516 valence electrons. The molecule has 0 spiro atoms. The third kappa shape index (κ3) is 18.8. The number of amides is 14. The van der Waals surface area contributed by atoms with Crippen molar-refractivity contribution in [3.05, 3.63) is 59.6 Å². The maximum Gasteiger partial charge on any atom is 0.321 e. The van der Waals surface area contributed by atoms with E-state index in [0.717, 1.165) is 16.0 Å². The van der Waals surface area contributed by atoms with E-state index in [2.05, 4.69) is 53.2 Å². The highest BCUT2D eigenvalue weighted by molar-refractivity contribution is 6.03. The summed E-state index contributed by atoms with van der Waals surface area (Å²) in [4.78, 5) is 191. The zero-order valence-corrected chi connectivity index (χ0v) is 55.1. The monoisotopic (exact) mass is 1310 g/mol. The van der Waals surface area contributed by atoms with Crippen molar-refractivity contribution in [3.8, 4) is 0 Å². The number of ether oxygens (including phenoxy) is 1. The van der Waals surface area contributed by atoms with Crippen molar-refractivity contribution >= 4 is 76.9 Å². The Kier molecular flexibility index (Phi) is 25.5. The summed E-state index contributed by atoms with van der Waals surface area (Å²) in [5.74, 6) is -10.4. The molecule has 1 aromatic rings. The minimum absolute atomic E-state index is 0.00221. The van der Waals surface area contributed by atoms with E-state index in [4.69, 9.17) is 10.5 Å². The van der Waals surface area contributed by atoms with Crippen LogP contribution in [0.5, 0.6) is 0 Å². The molecule has 30 nitrogen and oxygen atoms in total. The van der Waals surface area contributed by atoms with Gasteiger partial charge < -0.3 is 88.3 Å². The molecular formula is C64H95N15O15. The van der Waals surface area contributed by atoms with Crippen molar-refractivity contribution in [2.45, 2.75) is 199 Å². The lowest BCUT2D eigenvalue weighted by atomic mass is 9.99. The number of urea groups is 1. The molecule has 0 aromatic heterocycles. The molecule has 5 saturated heterocycles. The molecule has 1 aromatic carbocycles. The fourth-order valence-electron chi connectivity index (χ4n) is 12.9. The number of nitrogens with two attached hydrogens (primary N) is 1. The third-order valence-corrected chi connectivity index (χ3v) is 17.5. The summed E-state index contributed by atoms with van der Waals surface area (Å²) in [6, 6.07) is -4.83. The first kappa shape index (κ1) is 72.8. The maximum absolute atomic E-state index is 15.4. The van der Waals surface area contributed by atoms with Gasteiger partial charge in [0.2, 0.25) is 65.0 Å².